The molecule has 0 atom stereocenters. The van der Waals surface area contributed by atoms with Crippen molar-refractivity contribution in [3.05, 3.63) is 23.8 Å². The molecular weight excluding hydrogens is 182 g/mol. The third-order valence-corrected chi connectivity index (χ3v) is 1.97. The van der Waals surface area contributed by atoms with Crippen molar-refractivity contribution in [1.82, 2.24) is 5.32 Å². The van der Waals surface area contributed by atoms with Gasteiger partial charge in [-0.3, -0.25) is 9.59 Å². The summed E-state index contributed by atoms with van der Waals surface area (Å²) < 4.78 is 0. The fraction of sp³-hybridized carbons (Fsp3) is 0.111. The van der Waals surface area contributed by atoms with Crippen LogP contribution < -0.4 is 16.4 Å². The molecule has 72 valence electrons. The van der Waals surface area contributed by atoms with Crippen LogP contribution in [0.3, 0.4) is 0 Å². The Kier molecular flexibility index (Phi) is 1.85. The summed E-state index contributed by atoms with van der Waals surface area (Å²) in [6.07, 6.45) is 0. The molecule has 0 aromatic heterocycles. The maximum Gasteiger partial charge on any atom is 0.253 e. The lowest BCUT2D eigenvalue weighted by Gasteiger charge is -2.04. The van der Waals surface area contributed by atoms with E-state index in [1.54, 1.807) is 18.2 Å². The van der Waals surface area contributed by atoms with Crippen LogP contribution in [0.25, 0.3) is 0 Å². The number of nitrogens with two attached hydrogens (primary N) is 1. The minimum absolute atomic E-state index is 0.00653. The summed E-state index contributed by atoms with van der Waals surface area (Å²) in [6, 6.07) is 4.78. The van der Waals surface area contributed by atoms with Crippen LogP contribution in [0.15, 0.2) is 18.2 Å². The first-order valence-corrected chi connectivity index (χ1v) is 4.14. The molecule has 1 aliphatic heterocycles. The van der Waals surface area contributed by atoms with Gasteiger partial charge in [0.05, 0.1) is 17.8 Å². The molecule has 5 nitrogen and oxygen atoms in total. The SMILES string of the molecule is Nc1ccc2c(c1)NC(=O)CNC2=O. The quantitative estimate of drug-likeness (QED) is 0.503. The van der Waals surface area contributed by atoms with Crippen molar-refractivity contribution in [1.29, 1.82) is 0 Å². The van der Waals surface area contributed by atoms with Crippen molar-refractivity contribution >= 4 is 23.2 Å². The van der Waals surface area contributed by atoms with Crippen molar-refractivity contribution in [2.24, 2.45) is 0 Å². The molecule has 2 amide bonds. The van der Waals surface area contributed by atoms with Crippen LogP contribution in [-0.4, -0.2) is 18.4 Å². The smallest absolute Gasteiger partial charge is 0.253 e. The predicted molar refractivity (Wildman–Crippen MR) is 51.8 cm³/mol. The molecule has 0 aliphatic carbocycles. The van der Waals surface area contributed by atoms with Crippen LogP contribution in [0.1, 0.15) is 10.4 Å². The van der Waals surface area contributed by atoms with Crippen molar-refractivity contribution in [2.45, 2.75) is 0 Å². The second kappa shape index (κ2) is 3.02. The minimum atomic E-state index is -0.265. The van der Waals surface area contributed by atoms with E-state index >= 15 is 0 Å². The Hall–Kier alpha value is -2.04. The molecule has 0 bridgehead atoms. The number of nitrogens with one attached hydrogen (secondary N) is 2. The van der Waals surface area contributed by atoms with E-state index in [-0.39, 0.29) is 18.4 Å². The summed E-state index contributed by atoms with van der Waals surface area (Å²) in [6.45, 7) is -0.00653. The van der Waals surface area contributed by atoms with Crippen LogP contribution in [0, 0.1) is 0 Å². The highest BCUT2D eigenvalue weighted by molar-refractivity contribution is 6.08. The molecule has 1 aromatic carbocycles. The van der Waals surface area contributed by atoms with Crippen LogP contribution in [0.2, 0.25) is 0 Å². The van der Waals surface area contributed by atoms with Gasteiger partial charge < -0.3 is 16.4 Å². The summed E-state index contributed by atoms with van der Waals surface area (Å²) >= 11 is 0. The zero-order valence-corrected chi connectivity index (χ0v) is 7.33. The summed E-state index contributed by atoms with van der Waals surface area (Å²) in [7, 11) is 0. The third-order valence-electron chi connectivity index (χ3n) is 1.97. The minimum Gasteiger partial charge on any atom is -0.399 e. The first kappa shape index (κ1) is 8.55. The van der Waals surface area contributed by atoms with Gasteiger partial charge >= 0.3 is 0 Å². The molecule has 1 aliphatic rings. The van der Waals surface area contributed by atoms with Crippen molar-refractivity contribution in [3.8, 4) is 0 Å². The highest BCUT2D eigenvalue weighted by Gasteiger charge is 2.18. The van der Waals surface area contributed by atoms with Gasteiger partial charge in [0.2, 0.25) is 5.91 Å². The number of carbonyl (C=O) groups is 2. The number of benzene rings is 1. The Morgan fingerprint density at radius 1 is 1.29 bits per heavy atom. The standard InChI is InChI=1S/C9H9N3O2/c10-5-1-2-6-7(3-5)12-8(13)4-11-9(6)14/h1-3H,4,10H2,(H,11,14)(H,12,13). The first-order chi connectivity index (χ1) is 6.66. The average Bonchev–Trinajstić information content (AvgIpc) is 2.26. The van der Waals surface area contributed by atoms with Crippen molar-refractivity contribution < 1.29 is 9.59 Å². The lowest BCUT2D eigenvalue weighted by atomic mass is 10.1. The van der Waals surface area contributed by atoms with E-state index < -0.39 is 0 Å². The molecule has 0 saturated heterocycles. The number of hydrogen-bond acceptors (Lipinski definition) is 3. The number of fused-ring (bicyclic) bond motifs is 1. The van der Waals surface area contributed by atoms with Gasteiger partial charge in [0.25, 0.3) is 5.91 Å². The first-order valence-electron chi connectivity index (χ1n) is 4.14. The Morgan fingerprint density at radius 2 is 2.07 bits per heavy atom. The highest BCUT2D eigenvalue weighted by atomic mass is 16.2. The van der Waals surface area contributed by atoms with E-state index in [1.807, 2.05) is 0 Å². The van der Waals surface area contributed by atoms with Crippen LogP contribution in [-0.2, 0) is 4.79 Å². The normalized spacial score (nSPS) is 15.1. The highest BCUT2D eigenvalue weighted by Crippen LogP contribution is 2.20. The topological polar surface area (TPSA) is 84.2 Å². The van der Waals surface area contributed by atoms with Crippen LogP contribution in [0.4, 0.5) is 11.4 Å². The average molecular weight is 191 g/mol. The molecule has 5 heteroatoms. The zero-order valence-electron chi connectivity index (χ0n) is 7.33. The summed E-state index contributed by atoms with van der Waals surface area (Å²) in [5.41, 5.74) is 6.95. The lowest BCUT2D eigenvalue weighted by Crippen LogP contribution is -2.28. The maximum atomic E-state index is 11.4. The number of nitrogen functional groups attached to an aromatic ring is 1. The van der Waals surface area contributed by atoms with Gasteiger partial charge in [0.1, 0.15) is 0 Å². The summed E-state index contributed by atoms with van der Waals surface area (Å²) in [4.78, 5) is 22.6. The molecule has 4 N–H and O–H groups in total. The van der Waals surface area contributed by atoms with Gasteiger partial charge in [-0.1, -0.05) is 0 Å². The van der Waals surface area contributed by atoms with Gasteiger partial charge in [-0.05, 0) is 18.2 Å². The molecule has 0 fully saturated rings. The van der Waals surface area contributed by atoms with E-state index in [2.05, 4.69) is 10.6 Å². The van der Waals surface area contributed by atoms with Gasteiger partial charge in [-0.25, -0.2) is 0 Å². The lowest BCUT2D eigenvalue weighted by molar-refractivity contribution is -0.115. The molecule has 0 unspecified atom stereocenters. The molecule has 2 rings (SSSR count). The second-order valence-electron chi connectivity index (χ2n) is 3.04. The van der Waals surface area contributed by atoms with E-state index in [9.17, 15) is 9.59 Å². The molecule has 0 saturated carbocycles. The van der Waals surface area contributed by atoms with Crippen LogP contribution in [0.5, 0.6) is 0 Å². The monoisotopic (exact) mass is 191 g/mol. The number of carbonyl (C=O) groups excluding carboxylic acids is 2. The number of hydrogen-bond donors (Lipinski definition) is 3. The Labute approximate surface area is 80.3 Å². The van der Waals surface area contributed by atoms with E-state index in [0.717, 1.165) is 0 Å². The zero-order chi connectivity index (χ0) is 10.1. The number of rotatable bonds is 0. The Balaban J connectivity index is 2.52. The van der Waals surface area contributed by atoms with Gasteiger partial charge in [-0.15, -0.1) is 0 Å². The molecule has 1 heterocycles. The number of amides is 2. The second-order valence-corrected chi connectivity index (χ2v) is 3.04. The Bertz CT molecular complexity index is 415. The van der Waals surface area contributed by atoms with Crippen molar-refractivity contribution in [3.63, 3.8) is 0 Å². The van der Waals surface area contributed by atoms with E-state index in [4.69, 9.17) is 5.73 Å². The number of anilines is 2. The van der Waals surface area contributed by atoms with Gasteiger partial charge in [0, 0.05) is 5.69 Å². The molecular formula is C9H9N3O2. The molecule has 0 radical (unpaired) electrons. The Morgan fingerprint density at radius 3 is 2.86 bits per heavy atom. The van der Waals surface area contributed by atoms with Crippen molar-refractivity contribution in [2.75, 3.05) is 17.6 Å². The van der Waals surface area contributed by atoms with Gasteiger partial charge in [-0.2, -0.15) is 0 Å². The third kappa shape index (κ3) is 1.39. The summed E-state index contributed by atoms with van der Waals surface area (Å²) in [5.74, 6) is -0.513. The predicted octanol–water partition coefficient (Wildman–Crippen LogP) is -0.0493. The van der Waals surface area contributed by atoms with E-state index in [1.165, 1.54) is 0 Å². The molecule has 1 aromatic rings. The molecule has 0 spiro atoms. The van der Waals surface area contributed by atoms with Gasteiger partial charge in [0.15, 0.2) is 0 Å². The van der Waals surface area contributed by atoms with Crippen LogP contribution >= 0.6 is 0 Å². The summed E-state index contributed by atoms with van der Waals surface area (Å²) in [5, 5.41) is 5.07. The largest absolute Gasteiger partial charge is 0.399 e. The molecule has 14 heavy (non-hydrogen) atoms. The fourth-order valence-electron chi connectivity index (χ4n) is 1.31. The fourth-order valence-corrected chi connectivity index (χ4v) is 1.31. The van der Waals surface area contributed by atoms with E-state index in [0.29, 0.717) is 16.9 Å². The maximum absolute atomic E-state index is 11.4.